The van der Waals surface area contributed by atoms with Gasteiger partial charge in [-0.3, -0.25) is 0 Å². The summed E-state index contributed by atoms with van der Waals surface area (Å²) in [7, 11) is -2.91. The first-order valence-electron chi connectivity index (χ1n) is 6.30. The molecular formula is C13H20O4S. The van der Waals surface area contributed by atoms with E-state index >= 15 is 0 Å². The number of carbonyl (C=O) groups excluding carboxylic acids is 1. The minimum absolute atomic E-state index is 0.0324. The maximum Gasteiger partial charge on any atom is 0.333 e. The zero-order chi connectivity index (χ0) is 13.5. The zero-order valence-electron chi connectivity index (χ0n) is 10.9. The molecule has 4 atom stereocenters. The van der Waals surface area contributed by atoms with Gasteiger partial charge in [0.15, 0.2) is 0 Å². The topological polar surface area (TPSA) is 60.4 Å². The molecule has 0 saturated heterocycles. The first kappa shape index (κ1) is 13.6. The number of hydrogen-bond donors (Lipinski definition) is 0. The number of fused-ring (bicyclic) bond motifs is 2. The summed E-state index contributed by atoms with van der Waals surface area (Å²) < 4.78 is 28.0. The Bertz CT molecular complexity index is 465. The molecule has 2 saturated carbocycles. The normalized spacial score (nSPS) is 34.6. The van der Waals surface area contributed by atoms with Crippen molar-refractivity contribution in [2.45, 2.75) is 32.3 Å². The highest BCUT2D eigenvalue weighted by Crippen LogP contribution is 2.50. The molecule has 0 heterocycles. The molecule has 0 aliphatic heterocycles. The van der Waals surface area contributed by atoms with Crippen molar-refractivity contribution < 1.29 is 17.9 Å². The van der Waals surface area contributed by atoms with Gasteiger partial charge in [-0.1, -0.05) is 6.58 Å². The Morgan fingerprint density at radius 2 is 1.94 bits per heavy atom. The van der Waals surface area contributed by atoms with Crippen LogP contribution < -0.4 is 0 Å². The van der Waals surface area contributed by atoms with Crippen LogP contribution in [-0.2, 0) is 19.4 Å². The number of carbonyl (C=O) groups is 1. The van der Waals surface area contributed by atoms with Gasteiger partial charge in [0, 0.05) is 11.8 Å². The summed E-state index contributed by atoms with van der Waals surface area (Å²) >= 11 is 0. The molecule has 102 valence electrons. The Morgan fingerprint density at radius 1 is 1.28 bits per heavy atom. The van der Waals surface area contributed by atoms with Gasteiger partial charge in [-0.15, -0.1) is 0 Å². The van der Waals surface area contributed by atoms with E-state index in [1.807, 2.05) is 0 Å². The maximum absolute atomic E-state index is 11.5. The number of sulfone groups is 1. The van der Waals surface area contributed by atoms with Crippen molar-refractivity contribution in [1.82, 2.24) is 0 Å². The van der Waals surface area contributed by atoms with Gasteiger partial charge in [-0.25, -0.2) is 13.2 Å². The molecule has 0 N–H and O–H groups in total. The van der Waals surface area contributed by atoms with E-state index in [1.54, 1.807) is 6.92 Å². The molecule has 18 heavy (non-hydrogen) atoms. The Kier molecular flexibility index (Phi) is 3.54. The SMILES string of the molecule is C=C(C)C(=O)OC1CC2CC1CC2CS(C)(=O)=O. The van der Waals surface area contributed by atoms with Gasteiger partial charge in [-0.05, 0) is 43.9 Å². The summed E-state index contributed by atoms with van der Waals surface area (Å²) in [6.07, 6.45) is 3.93. The molecule has 2 fully saturated rings. The van der Waals surface area contributed by atoms with E-state index in [1.165, 1.54) is 6.26 Å². The average Bonchev–Trinajstić information content (AvgIpc) is 2.74. The Balaban J connectivity index is 1.91. The molecule has 0 aromatic carbocycles. The van der Waals surface area contributed by atoms with Crippen LogP contribution in [0.1, 0.15) is 26.2 Å². The van der Waals surface area contributed by atoms with Crippen LogP contribution in [0.4, 0.5) is 0 Å². The first-order valence-corrected chi connectivity index (χ1v) is 8.36. The van der Waals surface area contributed by atoms with E-state index in [-0.39, 0.29) is 23.7 Å². The molecule has 0 aromatic heterocycles. The van der Waals surface area contributed by atoms with Crippen LogP contribution in [0.15, 0.2) is 12.2 Å². The summed E-state index contributed by atoms with van der Waals surface area (Å²) in [5.74, 6) is 0.935. The molecule has 5 heteroatoms. The van der Waals surface area contributed by atoms with Crippen molar-refractivity contribution in [1.29, 1.82) is 0 Å². The third-order valence-electron chi connectivity index (χ3n) is 4.06. The van der Waals surface area contributed by atoms with Crippen molar-refractivity contribution >= 4 is 15.8 Å². The molecule has 0 spiro atoms. The van der Waals surface area contributed by atoms with Crippen LogP contribution in [0.3, 0.4) is 0 Å². The molecule has 2 aliphatic rings. The van der Waals surface area contributed by atoms with Crippen molar-refractivity contribution in [2.75, 3.05) is 12.0 Å². The van der Waals surface area contributed by atoms with Crippen LogP contribution in [0.25, 0.3) is 0 Å². The molecule has 0 aromatic rings. The lowest BCUT2D eigenvalue weighted by molar-refractivity contribution is -0.147. The minimum Gasteiger partial charge on any atom is -0.459 e. The molecule has 0 radical (unpaired) electrons. The van der Waals surface area contributed by atoms with Gasteiger partial charge < -0.3 is 4.74 Å². The van der Waals surface area contributed by atoms with Gasteiger partial charge >= 0.3 is 5.97 Å². The van der Waals surface area contributed by atoms with Crippen LogP contribution in [-0.4, -0.2) is 32.5 Å². The van der Waals surface area contributed by atoms with E-state index in [2.05, 4.69) is 6.58 Å². The first-order chi connectivity index (χ1) is 8.26. The van der Waals surface area contributed by atoms with Crippen molar-refractivity contribution in [2.24, 2.45) is 17.8 Å². The number of esters is 1. The fraction of sp³-hybridized carbons (Fsp3) is 0.769. The lowest BCUT2D eigenvalue weighted by Crippen LogP contribution is -2.30. The van der Waals surface area contributed by atoms with E-state index < -0.39 is 9.84 Å². The molecule has 2 bridgehead atoms. The van der Waals surface area contributed by atoms with E-state index in [4.69, 9.17) is 4.74 Å². The van der Waals surface area contributed by atoms with Crippen molar-refractivity contribution in [3.63, 3.8) is 0 Å². The highest BCUT2D eigenvalue weighted by molar-refractivity contribution is 7.90. The third kappa shape index (κ3) is 2.94. The monoisotopic (exact) mass is 272 g/mol. The Labute approximate surface area is 108 Å². The lowest BCUT2D eigenvalue weighted by atomic mass is 9.88. The van der Waals surface area contributed by atoms with Gasteiger partial charge in [-0.2, -0.15) is 0 Å². The molecular weight excluding hydrogens is 252 g/mol. The minimum atomic E-state index is -2.91. The highest BCUT2D eigenvalue weighted by Gasteiger charge is 2.48. The fourth-order valence-corrected chi connectivity index (χ4v) is 4.50. The zero-order valence-corrected chi connectivity index (χ0v) is 11.7. The van der Waals surface area contributed by atoms with E-state index in [0.717, 1.165) is 19.3 Å². The van der Waals surface area contributed by atoms with Gasteiger partial charge in [0.05, 0.1) is 5.75 Å². The molecule has 2 aliphatic carbocycles. The van der Waals surface area contributed by atoms with Gasteiger partial charge in [0.1, 0.15) is 15.9 Å². The number of hydrogen-bond acceptors (Lipinski definition) is 4. The molecule has 2 rings (SSSR count). The summed E-state index contributed by atoms with van der Waals surface area (Å²) in [6.45, 7) is 5.21. The Hall–Kier alpha value is -0.840. The largest absolute Gasteiger partial charge is 0.459 e. The van der Waals surface area contributed by atoms with Crippen molar-refractivity contribution in [3.8, 4) is 0 Å². The fourth-order valence-electron chi connectivity index (χ4n) is 3.32. The van der Waals surface area contributed by atoms with E-state index in [9.17, 15) is 13.2 Å². The van der Waals surface area contributed by atoms with Crippen LogP contribution in [0, 0.1) is 17.8 Å². The second-order valence-corrected chi connectivity index (χ2v) is 7.99. The van der Waals surface area contributed by atoms with Gasteiger partial charge in [0.25, 0.3) is 0 Å². The number of rotatable bonds is 4. The predicted molar refractivity (Wildman–Crippen MR) is 68.7 cm³/mol. The third-order valence-corrected chi connectivity index (χ3v) is 5.10. The van der Waals surface area contributed by atoms with Crippen molar-refractivity contribution in [3.05, 3.63) is 12.2 Å². The van der Waals surface area contributed by atoms with E-state index in [0.29, 0.717) is 17.4 Å². The second-order valence-electron chi connectivity index (χ2n) is 5.80. The lowest BCUT2D eigenvalue weighted by Gasteiger charge is -2.27. The van der Waals surface area contributed by atoms with Gasteiger partial charge in [0.2, 0.25) is 0 Å². The summed E-state index contributed by atoms with van der Waals surface area (Å²) in [5.41, 5.74) is 0.422. The Morgan fingerprint density at radius 3 is 2.39 bits per heavy atom. The summed E-state index contributed by atoms with van der Waals surface area (Å²) in [5, 5.41) is 0. The average molecular weight is 272 g/mol. The molecule has 0 amide bonds. The molecule has 4 unspecified atom stereocenters. The smallest absolute Gasteiger partial charge is 0.333 e. The summed E-state index contributed by atoms with van der Waals surface area (Å²) in [6, 6.07) is 0. The highest BCUT2D eigenvalue weighted by atomic mass is 32.2. The summed E-state index contributed by atoms with van der Waals surface area (Å²) in [4.78, 5) is 11.5. The van der Waals surface area contributed by atoms with Crippen LogP contribution in [0.5, 0.6) is 0 Å². The molecule has 4 nitrogen and oxygen atoms in total. The maximum atomic E-state index is 11.5. The number of ether oxygens (including phenoxy) is 1. The van der Waals surface area contributed by atoms with Crippen LogP contribution in [0.2, 0.25) is 0 Å². The predicted octanol–water partition coefficient (Wildman–Crippen LogP) is 1.56. The van der Waals surface area contributed by atoms with Crippen LogP contribution >= 0.6 is 0 Å². The second kappa shape index (κ2) is 4.68. The standard InChI is InChI=1S/C13H20O4S/c1-8(2)13(14)17-12-6-9-4-10(12)5-11(9)7-18(3,15)16/h9-12H,1,4-7H2,2-3H3. The quantitative estimate of drug-likeness (QED) is 0.575.